The van der Waals surface area contributed by atoms with Gasteiger partial charge in [-0.15, -0.1) is 0 Å². The van der Waals surface area contributed by atoms with Gasteiger partial charge in [0, 0.05) is 6.07 Å². The second-order valence-corrected chi connectivity index (χ2v) is 4.08. The molecule has 0 amide bonds. The van der Waals surface area contributed by atoms with E-state index in [2.05, 4.69) is 5.10 Å². The van der Waals surface area contributed by atoms with Gasteiger partial charge < -0.3 is 25.2 Å². The van der Waals surface area contributed by atoms with Gasteiger partial charge in [0.15, 0.2) is 6.10 Å². The highest BCUT2D eigenvalue weighted by atomic mass is 35.5. The molecule has 0 spiro atoms. The van der Waals surface area contributed by atoms with Crippen molar-refractivity contribution in [3.05, 3.63) is 17.3 Å². The second-order valence-electron chi connectivity index (χ2n) is 3.68. The van der Waals surface area contributed by atoms with Gasteiger partial charge in [0.05, 0.1) is 17.5 Å². The molecule has 0 unspecified atom stereocenters. The minimum Gasteiger partial charge on any atom is -0.853 e. The highest BCUT2D eigenvalue weighted by Crippen LogP contribution is 2.25. The standard InChI is InChI=1S/C9H11ClN2O5/c10-4-1-2-12(11-8(4)16)9-7(15)6(14)5(3-13)17-9/h1-2,5-7,9,13-15H,3H2/t5-,6-,7-,9-/m1/s1. The Kier molecular flexibility index (Phi) is 3.45. The lowest BCUT2D eigenvalue weighted by Crippen LogP contribution is -2.49. The van der Waals surface area contributed by atoms with Crippen LogP contribution in [0.2, 0.25) is 5.02 Å². The van der Waals surface area contributed by atoms with E-state index in [0.717, 1.165) is 4.68 Å². The maximum atomic E-state index is 11.2. The first-order valence-electron chi connectivity index (χ1n) is 4.92. The lowest BCUT2D eigenvalue weighted by atomic mass is 10.1. The molecular formula is C9H11ClN2O5. The minimum atomic E-state index is -1.27. The van der Waals surface area contributed by atoms with E-state index in [1.165, 1.54) is 12.3 Å². The molecule has 1 aromatic rings. The molecule has 0 radical (unpaired) electrons. The van der Waals surface area contributed by atoms with Crippen LogP contribution in [0.25, 0.3) is 0 Å². The number of aliphatic hydroxyl groups is 3. The van der Waals surface area contributed by atoms with Gasteiger partial charge >= 0.3 is 6.23 Å². The summed E-state index contributed by atoms with van der Waals surface area (Å²) >= 11 is 5.53. The number of rotatable bonds is 2. The number of ether oxygens (including phenoxy) is 1. The van der Waals surface area contributed by atoms with Gasteiger partial charge in [0.2, 0.25) is 6.20 Å². The van der Waals surface area contributed by atoms with Crippen LogP contribution in [0.5, 0.6) is 5.88 Å². The molecule has 0 aliphatic carbocycles. The zero-order valence-electron chi connectivity index (χ0n) is 8.60. The summed E-state index contributed by atoms with van der Waals surface area (Å²) in [4.78, 5) is 0. The molecule has 0 bridgehead atoms. The number of aromatic nitrogens is 2. The summed E-state index contributed by atoms with van der Waals surface area (Å²) in [6.07, 6.45) is -3.08. The highest BCUT2D eigenvalue weighted by molar-refractivity contribution is 6.31. The predicted molar refractivity (Wildman–Crippen MR) is 51.9 cm³/mol. The lowest BCUT2D eigenvalue weighted by Gasteiger charge is -2.10. The highest BCUT2D eigenvalue weighted by Gasteiger charge is 2.48. The average Bonchev–Trinajstić information content (AvgIpc) is 2.60. The Morgan fingerprint density at radius 2 is 2.18 bits per heavy atom. The number of nitrogens with zero attached hydrogens (tertiary/aromatic N) is 2. The molecule has 0 aromatic carbocycles. The van der Waals surface area contributed by atoms with Crippen molar-refractivity contribution in [1.29, 1.82) is 0 Å². The molecule has 1 aliphatic rings. The molecule has 3 N–H and O–H groups in total. The van der Waals surface area contributed by atoms with Crippen LogP contribution >= 0.6 is 11.6 Å². The summed E-state index contributed by atoms with van der Waals surface area (Å²) in [5.41, 5.74) is 0. The molecule has 0 saturated carbocycles. The Hall–Kier alpha value is -0.990. The molecule has 2 rings (SSSR count). The van der Waals surface area contributed by atoms with E-state index in [0.29, 0.717) is 0 Å². The van der Waals surface area contributed by atoms with E-state index in [-0.39, 0.29) is 5.02 Å². The SMILES string of the molecule is [O-]c1n[n+]([C@@H]2O[C@H](CO)[C@@H](O)[C@H]2O)ccc1Cl. The van der Waals surface area contributed by atoms with Crippen LogP contribution in [0.3, 0.4) is 0 Å². The molecule has 7 nitrogen and oxygen atoms in total. The Balaban J connectivity index is 2.25. The monoisotopic (exact) mass is 262 g/mol. The largest absolute Gasteiger partial charge is 0.853 e. The van der Waals surface area contributed by atoms with Crippen molar-refractivity contribution >= 4 is 11.6 Å². The number of hydrogen-bond donors (Lipinski definition) is 3. The van der Waals surface area contributed by atoms with Crippen molar-refractivity contribution in [2.75, 3.05) is 6.61 Å². The van der Waals surface area contributed by atoms with E-state index in [1.807, 2.05) is 0 Å². The van der Waals surface area contributed by atoms with Crippen molar-refractivity contribution in [2.24, 2.45) is 0 Å². The molecule has 1 aliphatic heterocycles. The van der Waals surface area contributed by atoms with Gasteiger partial charge in [-0.3, -0.25) is 0 Å². The van der Waals surface area contributed by atoms with Crippen molar-refractivity contribution in [1.82, 2.24) is 5.10 Å². The first kappa shape index (κ1) is 12.5. The number of aliphatic hydroxyl groups excluding tert-OH is 3. The van der Waals surface area contributed by atoms with Crippen LogP contribution in [0, 0.1) is 0 Å². The van der Waals surface area contributed by atoms with Crippen LogP contribution in [-0.2, 0) is 4.74 Å². The number of halogens is 1. The molecule has 8 heteroatoms. The van der Waals surface area contributed by atoms with E-state index >= 15 is 0 Å². The Morgan fingerprint density at radius 1 is 1.47 bits per heavy atom. The summed E-state index contributed by atoms with van der Waals surface area (Å²) in [6, 6.07) is 1.31. The topological polar surface area (TPSA) is 110 Å². The second kappa shape index (κ2) is 4.71. The summed E-state index contributed by atoms with van der Waals surface area (Å²) in [6.45, 7) is -0.437. The van der Waals surface area contributed by atoms with Crippen LogP contribution in [-0.4, -0.2) is 45.3 Å². The molecule has 17 heavy (non-hydrogen) atoms. The van der Waals surface area contributed by atoms with Gasteiger partial charge in [0.25, 0.3) is 0 Å². The van der Waals surface area contributed by atoms with Crippen LogP contribution in [0.15, 0.2) is 12.3 Å². The fourth-order valence-corrected chi connectivity index (χ4v) is 1.73. The van der Waals surface area contributed by atoms with Crippen molar-refractivity contribution in [3.8, 4) is 5.88 Å². The minimum absolute atomic E-state index is 0.0482. The molecular weight excluding hydrogens is 252 g/mol. The van der Waals surface area contributed by atoms with Crippen molar-refractivity contribution in [2.45, 2.75) is 24.5 Å². The first-order chi connectivity index (χ1) is 8.04. The molecule has 4 atom stereocenters. The molecule has 94 valence electrons. The smallest absolute Gasteiger partial charge is 0.317 e. The van der Waals surface area contributed by atoms with Crippen LogP contribution in [0.4, 0.5) is 0 Å². The van der Waals surface area contributed by atoms with Crippen LogP contribution in [0.1, 0.15) is 6.23 Å². The summed E-state index contributed by atoms with van der Waals surface area (Å²) in [5.74, 6) is -0.660. The van der Waals surface area contributed by atoms with Crippen molar-refractivity contribution < 1.29 is 29.8 Å². The predicted octanol–water partition coefficient (Wildman–Crippen LogP) is -2.29. The third-order valence-corrected chi connectivity index (χ3v) is 2.85. The first-order valence-corrected chi connectivity index (χ1v) is 5.30. The van der Waals surface area contributed by atoms with Crippen molar-refractivity contribution in [3.63, 3.8) is 0 Å². The quantitative estimate of drug-likeness (QED) is 0.518. The average molecular weight is 263 g/mol. The maximum Gasteiger partial charge on any atom is 0.317 e. The molecule has 1 fully saturated rings. The fourth-order valence-electron chi connectivity index (χ4n) is 1.64. The molecule has 1 aromatic heterocycles. The number of hydrogen-bond acceptors (Lipinski definition) is 6. The van der Waals surface area contributed by atoms with Gasteiger partial charge in [-0.25, -0.2) is 0 Å². The van der Waals surface area contributed by atoms with E-state index in [1.54, 1.807) is 0 Å². The lowest BCUT2D eigenvalue weighted by molar-refractivity contribution is -0.817. The van der Waals surface area contributed by atoms with E-state index in [9.17, 15) is 15.3 Å². The van der Waals surface area contributed by atoms with Gasteiger partial charge in [-0.1, -0.05) is 16.3 Å². The molecule has 1 saturated heterocycles. The van der Waals surface area contributed by atoms with Gasteiger partial charge in [0.1, 0.15) is 12.2 Å². The third kappa shape index (κ3) is 2.20. The zero-order valence-corrected chi connectivity index (χ0v) is 9.36. The van der Waals surface area contributed by atoms with E-state index < -0.39 is 37.0 Å². The summed E-state index contributed by atoms with van der Waals surface area (Å²) < 4.78 is 6.25. The van der Waals surface area contributed by atoms with Crippen LogP contribution < -0.4 is 9.79 Å². The summed E-state index contributed by atoms with van der Waals surface area (Å²) in [7, 11) is 0. The summed E-state index contributed by atoms with van der Waals surface area (Å²) in [5, 5.41) is 42.9. The van der Waals surface area contributed by atoms with Gasteiger partial charge in [-0.2, -0.15) is 0 Å². The fraction of sp³-hybridized carbons (Fsp3) is 0.556. The maximum absolute atomic E-state index is 11.2. The molecule has 2 heterocycles. The Morgan fingerprint density at radius 3 is 2.71 bits per heavy atom. The Bertz CT molecular complexity index is 418. The zero-order chi connectivity index (χ0) is 12.6. The normalized spacial score (nSPS) is 32.9. The third-order valence-electron chi connectivity index (χ3n) is 2.56. The van der Waals surface area contributed by atoms with E-state index in [4.69, 9.17) is 21.4 Å². The van der Waals surface area contributed by atoms with Gasteiger partial charge in [-0.05, 0) is 5.10 Å². The Labute approximate surface area is 101 Å².